The van der Waals surface area contributed by atoms with E-state index in [1.807, 2.05) is 0 Å². The second-order valence-electron chi connectivity index (χ2n) is 8.38. The zero-order chi connectivity index (χ0) is 28.8. The van der Waals surface area contributed by atoms with Gasteiger partial charge in [-0.2, -0.15) is 0 Å². The lowest BCUT2D eigenvalue weighted by molar-refractivity contribution is -0.146. The lowest BCUT2D eigenvalue weighted by atomic mass is 10.2. The van der Waals surface area contributed by atoms with Crippen LogP contribution >= 0.6 is 0 Å². The molecule has 0 aromatic rings. The second-order valence-corrected chi connectivity index (χ2v) is 8.38. The molecule has 0 aliphatic carbocycles. The van der Waals surface area contributed by atoms with Crippen molar-refractivity contribution in [2.45, 2.75) is 77.0 Å². The van der Waals surface area contributed by atoms with Gasteiger partial charge in [0.1, 0.15) is 0 Å². The van der Waals surface area contributed by atoms with Gasteiger partial charge in [0, 0.05) is 24.0 Å². The monoisotopic (exact) mass is 542 g/mol. The molecule has 0 rings (SSSR count). The first kappa shape index (κ1) is 34.3. The number of esters is 4. The summed E-state index contributed by atoms with van der Waals surface area (Å²) in [6, 6.07) is 0. The van der Waals surface area contributed by atoms with E-state index in [1.54, 1.807) is 0 Å². The van der Waals surface area contributed by atoms with E-state index in [2.05, 4.69) is 13.2 Å². The molecule has 0 aliphatic heterocycles. The molecule has 0 aromatic heterocycles. The molecule has 0 radical (unpaired) electrons. The minimum absolute atomic E-state index is 0.141. The molecule has 0 spiro atoms. The van der Waals surface area contributed by atoms with Crippen molar-refractivity contribution in [3.05, 3.63) is 24.3 Å². The first-order valence-corrected chi connectivity index (χ1v) is 12.5. The van der Waals surface area contributed by atoms with Gasteiger partial charge in [0.2, 0.25) is 0 Å². The van der Waals surface area contributed by atoms with Crippen molar-refractivity contribution in [1.29, 1.82) is 0 Å². The van der Waals surface area contributed by atoms with E-state index in [9.17, 15) is 28.8 Å². The molecule has 0 heterocycles. The molecule has 12 heteroatoms. The lowest BCUT2D eigenvalue weighted by Gasteiger charge is -2.07. The quantitative estimate of drug-likeness (QED) is 0.0834. The number of carbonyl (C=O) groups is 6. The minimum Gasteiger partial charge on any atom is -0.478 e. The first-order chi connectivity index (χ1) is 18.0. The van der Waals surface area contributed by atoms with Gasteiger partial charge in [-0.25, -0.2) is 9.59 Å². The van der Waals surface area contributed by atoms with Crippen molar-refractivity contribution in [2.24, 2.45) is 0 Å². The average Bonchev–Trinajstić information content (AvgIpc) is 2.85. The number of carboxylic acids is 2. The second kappa shape index (κ2) is 21.4. The van der Waals surface area contributed by atoms with E-state index < -0.39 is 23.9 Å². The van der Waals surface area contributed by atoms with E-state index in [0.29, 0.717) is 51.4 Å². The van der Waals surface area contributed by atoms with Gasteiger partial charge in [0.25, 0.3) is 0 Å². The fourth-order valence-corrected chi connectivity index (χ4v) is 2.79. The van der Waals surface area contributed by atoms with Crippen molar-refractivity contribution >= 4 is 35.8 Å². The van der Waals surface area contributed by atoms with Gasteiger partial charge in [-0.3, -0.25) is 19.2 Å². The summed E-state index contributed by atoms with van der Waals surface area (Å²) in [4.78, 5) is 67.4. The lowest BCUT2D eigenvalue weighted by Crippen LogP contribution is -2.11. The number of carbonyl (C=O) groups excluding carboxylic acids is 4. The van der Waals surface area contributed by atoms with Crippen LogP contribution in [0.2, 0.25) is 0 Å². The Morgan fingerprint density at radius 3 is 1.05 bits per heavy atom. The molecule has 214 valence electrons. The molecule has 0 aromatic carbocycles. The fourth-order valence-electron chi connectivity index (χ4n) is 2.79. The molecular weight excluding hydrogens is 504 g/mol. The molecular formula is C26H38O12. The van der Waals surface area contributed by atoms with Crippen LogP contribution < -0.4 is 0 Å². The van der Waals surface area contributed by atoms with E-state index in [0.717, 1.165) is 0 Å². The first-order valence-electron chi connectivity index (χ1n) is 12.5. The van der Waals surface area contributed by atoms with Crippen LogP contribution in [0.3, 0.4) is 0 Å². The molecule has 0 amide bonds. The summed E-state index contributed by atoms with van der Waals surface area (Å²) in [7, 11) is 0. The summed E-state index contributed by atoms with van der Waals surface area (Å²) < 4.78 is 20.0. The Kier molecular flexibility index (Phi) is 19.3. The normalized spacial score (nSPS) is 10.2. The Morgan fingerprint density at radius 1 is 0.447 bits per heavy atom. The maximum Gasteiger partial charge on any atom is 0.331 e. The third-order valence-electron chi connectivity index (χ3n) is 4.96. The summed E-state index contributed by atoms with van der Waals surface area (Å²) >= 11 is 0. The van der Waals surface area contributed by atoms with Crippen LogP contribution in [-0.2, 0) is 47.7 Å². The molecule has 0 aliphatic rings. The number of ether oxygens (including phenoxy) is 4. The minimum atomic E-state index is -1.24. The molecule has 0 unspecified atom stereocenters. The summed E-state index contributed by atoms with van der Waals surface area (Å²) in [5.41, 5.74) is -0.461. The topological polar surface area (TPSA) is 180 Å². The van der Waals surface area contributed by atoms with Gasteiger partial charge >= 0.3 is 35.8 Å². The van der Waals surface area contributed by atoms with Gasteiger partial charge in [0.05, 0.1) is 39.3 Å². The number of rotatable bonds is 23. The van der Waals surface area contributed by atoms with Crippen molar-refractivity contribution < 1.29 is 57.9 Å². The highest BCUT2D eigenvalue weighted by Gasteiger charge is 2.12. The maximum absolute atomic E-state index is 11.7. The van der Waals surface area contributed by atoms with Gasteiger partial charge < -0.3 is 29.2 Å². The van der Waals surface area contributed by atoms with Crippen LogP contribution in [0.15, 0.2) is 24.3 Å². The maximum atomic E-state index is 11.7. The summed E-state index contributed by atoms with van der Waals surface area (Å²) in [5.74, 6) is -4.46. The number of carboxylic acid groups (broad SMARTS) is 2. The molecule has 0 saturated carbocycles. The highest BCUT2D eigenvalue weighted by Crippen LogP contribution is 2.07. The Morgan fingerprint density at radius 2 is 0.737 bits per heavy atom. The van der Waals surface area contributed by atoms with Crippen LogP contribution in [0.5, 0.6) is 0 Å². The van der Waals surface area contributed by atoms with Crippen LogP contribution in [0.1, 0.15) is 77.0 Å². The van der Waals surface area contributed by atoms with E-state index >= 15 is 0 Å². The predicted molar refractivity (Wildman–Crippen MR) is 133 cm³/mol. The fraction of sp³-hybridized carbons (Fsp3) is 0.615. The Hall–Kier alpha value is -3.70. The zero-order valence-corrected chi connectivity index (χ0v) is 21.7. The zero-order valence-electron chi connectivity index (χ0n) is 21.7. The number of aliphatic carboxylic acids is 2. The average molecular weight is 543 g/mol. The van der Waals surface area contributed by atoms with Crippen LogP contribution in [0, 0.1) is 0 Å². The largest absolute Gasteiger partial charge is 0.478 e. The van der Waals surface area contributed by atoms with Crippen molar-refractivity contribution in [3.8, 4) is 0 Å². The van der Waals surface area contributed by atoms with Crippen molar-refractivity contribution in [1.82, 2.24) is 0 Å². The van der Waals surface area contributed by atoms with Crippen molar-refractivity contribution in [3.63, 3.8) is 0 Å². The molecule has 0 atom stereocenters. The highest BCUT2D eigenvalue weighted by molar-refractivity contribution is 5.92. The third-order valence-corrected chi connectivity index (χ3v) is 4.96. The molecule has 0 saturated heterocycles. The highest BCUT2D eigenvalue weighted by atomic mass is 16.5. The smallest absolute Gasteiger partial charge is 0.331 e. The SMILES string of the molecule is C=C(CC(=O)OCCCCCC(=O)OCCCCOC(=O)CCCCCOC(=O)CC(=C)C(=O)O)C(=O)O. The third kappa shape index (κ3) is 20.5. The molecule has 38 heavy (non-hydrogen) atoms. The van der Waals surface area contributed by atoms with Crippen LogP contribution in [0.25, 0.3) is 0 Å². The summed E-state index contributed by atoms with van der Waals surface area (Å²) in [6.07, 6.45) is 4.36. The van der Waals surface area contributed by atoms with Crippen LogP contribution in [0.4, 0.5) is 0 Å². The Labute approximate surface area is 221 Å². The molecule has 0 fully saturated rings. The Balaban J connectivity index is 3.53. The van der Waals surface area contributed by atoms with Crippen molar-refractivity contribution in [2.75, 3.05) is 26.4 Å². The number of hydrogen-bond donors (Lipinski definition) is 2. The predicted octanol–water partition coefficient (Wildman–Crippen LogP) is 3.12. The molecule has 12 nitrogen and oxygen atoms in total. The van der Waals surface area contributed by atoms with Crippen LogP contribution in [-0.4, -0.2) is 72.5 Å². The molecule has 2 N–H and O–H groups in total. The summed E-state index contributed by atoms with van der Waals surface area (Å²) in [6.45, 7) is 7.23. The summed E-state index contributed by atoms with van der Waals surface area (Å²) in [5, 5.41) is 17.3. The van der Waals surface area contributed by atoms with Gasteiger partial charge in [-0.1, -0.05) is 13.2 Å². The van der Waals surface area contributed by atoms with Gasteiger partial charge in [0.15, 0.2) is 0 Å². The standard InChI is InChI=1S/C26H38O12/c1-19(25(31)32)17-23(29)37-13-7-3-5-11-21(27)35-15-9-10-16-36-22(28)12-6-4-8-14-38-24(30)18-20(2)26(33)34/h1-18H2,(H,31,32)(H,33,34). The number of hydrogen-bond acceptors (Lipinski definition) is 10. The molecule has 0 bridgehead atoms. The van der Waals surface area contributed by atoms with Gasteiger partial charge in [-0.15, -0.1) is 0 Å². The van der Waals surface area contributed by atoms with E-state index in [1.165, 1.54) is 0 Å². The van der Waals surface area contributed by atoms with E-state index in [4.69, 9.17) is 29.2 Å². The number of unbranched alkanes of at least 4 members (excludes halogenated alkanes) is 5. The Bertz CT molecular complexity index is 762. The van der Waals surface area contributed by atoms with E-state index in [-0.39, 0.29) is 75.2 Å². The van der Waals surface area contributed by atoms with Gasteiger partial charge in [-0.05, 0) is 51.4 Å².